The van der Waals surface area contributed by atoms with Crippen LogP contribution in [0.5, 0.6) is 0 Å². The standard InChI is InChI=1S/C22H23NO2S/c1-17-5-7-18(8-6-17)19-9-11-20(12-10-19)22(25)23(13-3-14-24)16-21-4-2-15-26-21/h2,4-12,15,24H,3,13-14,16H2,1H3. The summed E-state index contributed by atoms with van der Waals surface area (Å²) in [6.45, 7) is 3.28. The smallest absolute Gasteiger partial charge is 0.254 e. The van der Waals surface area contributed by atoms with E-state index in [0.29, 0.717) is 25.1 Å². The molecule has 0 atom stereocenters. The lowest BCUT2D eigenvalue weighted by Gasteiger charge is -2.22. The molecule has 0 radical (unpaired) electrons. The normalized spacial score (nSPS) is 10.7. The molecule has 0 aliphatic rings. The fraction of sp³-hybridized carbons (Fsp3) is 0.227. The first-order valence-corrected chi connectivity index (χ1v) is 9.65. The Morgan fingerprint density at radius 3 is 2.23 bits per heavy atom. The minimum absolute atomic E-state index is 0.00214. The van der Waals surface area contributed by atoms with Gasteiger partial charge < -0.3 is 10.0 Å². The third-order valence-corrected chi connectivity index (χ3v) is 5.18. The molecule has 0 saturated heterocycles. The van der Waals surface area contributed by atoms with Crippen molar-refractivity contribution in [3.63, 3.8) is 0 Å². The zero-order valence-electron chi connectivity index (χ0n) is 14.9. The third-order valence-electron chi connectivity index (χ3n) is 4.32. The minimum Gasteiger partial charge on any atom is -0.396 e. The summed E-state index contributed by atoms with van der Waals surface area (Å²) in [5.41, 5.74) is 4.15. The number of aliphatic hydroxyl groups excluding tert-OH is 1. The fourth-order valence-electron chi connectivity index (χ4n) is 2.84. The molecule has 3 aromatic rings. The van der Waals surface area contributed by atoms with Crippen molar-refractivity contribution in [1.29, 1.82) is 0 Å². The van der Waals surface area contributed by atoms with Gasteiger partial charge in [0, 0.05) is 23.6 Å². The molecule has 3 nitrogen and oxygen atoms in total. The van der Waals surface area contributed by atoms with Gasteiger partial charge in [-0.3, -0.25) is 4.79 Å². The van der Waals surface area contributed by atoms with E-state index in [1.54, 1.807) is 11.3 Å². The summed E-state index contributed by atoms with van der Waals surface area (Å²) >= 11 is 1.64. The van der Waals surface area contributed by atoms with Gasteiger partial charge in [-0.05, 0) is 48.1 Å². The summed E-state index contributed by atoms with van der Waals surface area (Å²) in [6, 6.07) is 20.1. The molecule has 0 fully saturated rings. The quantitative estimate of drug-likeness (QED) is 0.656. The first-order valence-electron chi connectivity index (χ1n) is 8.77. The lowest BCUT2D eigenvalue weighted by Crippen LogP contribution is -2.31. The molecule has 0 saturated carbocycles. The van der Waals surface area contributed by atoms with Gasteiger partial charge in [0.2, 0.25) is 0 Å². The first kappa shape index (κ1) is 18.4. The number of aliphatic hydroxyl groups is 1. The Morgan fingerprint density at radius 1 is 1.00 bits per heavy atom. The molecule has 134 valence electrons. The minimum atomic E-state index is 0.00214. The average molecular weight is 365 g/mol. The molecule has 1 heterocycles. The average Bonchev–Trinajstić information content (AvgIpc) is 3.18. The Labute approximate surface area is 158 Å². The van der Waals surface area contributed by atoms with Crippen molar-refractivity contribution in [2.75, 3.05) is 13.2 Å². The maximum absolute atomic E-state index is 12.9. The van der Waals surface area contributed by atoms with E-state index in [0.717, 1.165) is 16.0 Å². The van der Waals surface area contributed by atoms with Gasteiger partial charge in [-0.2, -0.15) is 0 Å². The number of rotatable bonds is 7. The van der Waals surface area contributed by atoms with E-state index in [1.165, 1.54) is 5.56 Å². The maximum Gasteiger partial charge on any atom is 0.254 e. The SMILES string of the molecule is Cc1ccc(-c2ccc(C(=O)N(CCCO)Cc3cccs3)cc2)cc1. The highest BCUT2D eigenvalue weighted by molar-refractivity contribution is 7.09. The van der Waals surface area contributed by atoms with E-state index in [2.05, 4.69) is 31.2 Å². The van der Waals surface area contributed by atoms with Crippen LogP contribution in [0, 0.1) is 6.92 Å². The molecule has 1 aromatic heterocycles. The van der Waals surface area contributed by atoms with Crippen molar-refractivity contribution in [2.24, 2.45) is 0 Å². The van der Waals surface area contributed by atoms with Crippen LogP contribution in [0.2, 0.25) is 0 Å². The van der Waals surface area contributed by atoms with Gasteiger partial charge >= 0.3 is 0 Å². The van der Waals surface area contributed by atoms with Crippen molar-refractivity contribution in [1.82, 2.24) is 4.90 Å². The van der Waals surface area contributed by atoms with E-state index in [4.69, 9.17) is 5.11 Å². The predicted molar refractivity (Wildman–Crippen MR) is 107 cm³/mol. The highest BCUT2D eigenvalue weighted by atomic mass is 32.1. The zero-order valence-corrected chi connectivity index (χ0v) is 15.7. The van der Waals surface area contributed by atoms with E-state index >= 15 is 0 Å². The molecule has 0 aliphatic heterocycles. The Balaban J connectivity index is 1.76. The second kappa shape index (κ2) is 8.79. The number of hydrogen-bond donors (Lipinski definition) is 1. The molecule has 1 N–H and O–H groups in total. The molecule has 1 amide bonds. The predicted octanol–water partition coefficient (Wildman–Crippen LogP) is 4.75. The van der Waals surface area contributed by atoms with Gasteiger partial charge in [0.25, 0.3) is 5.91 Å². The Bertz CT molecular complexity index is 824. The van der Waals surface area contributed by atoms with E-state index in [9.17, 15) is 4.79 Å². The molecule has 0 aliphatic carbocycles. The van der Waals surface area contributed by atoms with Crippen LogP contribution in [0.4, 0.5) is 0 Å². The van der Waals surface area contributed by atoms with E-state index < -0.39 is 0 Å². The fourth-order valence-corrected chi connectivity index (χ4v) is 3.56. The molecule has 26 heavy (non-hydrogen) atoms. The highest BCUT2D eigenvalue weighted by Gasteiger charge is 2.16. The van der Waals surface area contributed by atoms with Crippen molar-refractivity contribution in [2.45, 2.75) is 19.9 Å². The van der Waals surface area contributed by atoms with Gasteiger partial charge in [0.1, 0.15) is 0 Å². The van der Waals surface area contributed by atoms with Crippen molar-refractivity contribution >= 4 is 17.2 Å². The lowest BCUT2D eigenvalue weighted by atomic mass is 10.0. The largest absolute Gasteiger partial charge is 0.396 e. The maximum atomic E-state index is 12.9. The molecule has 3 rings (SSSR count). The second-order valence-electron chi connectivity index (χ2n) is 6.33. The van der Waals surface area contributed by atoms with Crippen LogP contribution in [-0.2, 0) is 6.54 Å². The summed E-state index contributed by atoms with van der Waals surface area (Å²) in [7, 11) is 0. The molecular weight excluding hydrogens is 342 g/mol. The van der Waals surface area contributed by atoms with Gasteiger partial charge in [0.15, 0.2) is 0 Å². The Morgan fingerprint density at radius 2 is 1.65 bits per heavy atom. The van der Waals surface area contributed by atoms with Gasteiger partial charge in [-0.15, -0.1) is 11.3 Å². The van der Waals surface area contributed by atoms with Crippen LogP contribution in [0.15, 0.2) is 66.0 Å². The third kappa shape index (κ3) is 4.59. The van der Waals surface area contributed by atoms with Crippen LogP contribution in [0.1, 0.15) is 27.2 Å². The molecular formula is C22H23NO2S. The topological polar surface area (TPSA) is 40.5 Å². The number of thiophene rings is 1. The van der Waals surface area contributed by atoms with Crippen LogP contribution in [-0.4, -0.2) is 29.1 Å². The molecule has 0 unspecified atom stereocenters. The molecule has 0 spiro atoms. The summed E-state index contributed by atoms with van der Waals surface area (Å²) in [5.74, 6) is 0.00214. The van der Waals surface area contributed by atoms with Crippen LogP contribution in [0.3, 0.4) is 0 Å². The monoisotopic (exact) mass is 365 g/mol. The molecule has 4 heteroatoms. The summed E-state index contributed by atoms with van der Waals surface area (Å²) < 4.78 is 0. The van der Waals surface area contributed by atoms with Gasteiger partial charge in [-0.1, -0.05) is 48.0 Å². The summed E-state index contributed by atoms with van der Waals surface area (Å²) in [4.78, 5) is 15.9. The number of nitrogens with zero attached hydrogens (tertiary/aromatic N) is 1. The van der Waals surface area contributed by atoms with E-state index in [-0.39, 0.29) is 12.5 Å². The van der Waals surface area contributed by atoms with Crippen molar-refractivity contribution < 1.29 is 9.90 Å². The summed E-state index contributed by atoms with van der Waals surface area (Å²) in [6.07, 6.45) is 0.582. The molecule has 0 bridgehead atoms. The summed E-state index contributed by atoms with van der Waals surface area (Å²) in [5, 5.41) is 11.2. The molecule has 2 aromatic carbocycles. The van der Waals surface area contributed by atoms with Gasteiger partial charge in [0.05, 0.1) is 6.54 Å². The highest BCUT2D eigenvalue weighted by Crippen LogP contribution is 2.21. The Kier molecular flexibility index (Phi) is 6.21. The number of amides is 1. The second-order valence-corrected chi connectivity index (χ2v) is 7.36. The number of hydrogen-bond acceptors (Lipinski definition) is 3. The van der Waals surface area contributed by atoms with Crippen LogP contribution >= 0.6 is 11.3 Å². The van der Waals surface area contributed by atoms with Crippen LogP contribution in [0.25, 0.3) is 11.1 Å². The van der Waals surface area contributed by atoms with Crippen LogP contribution < -0.4 is 0 Å². The number of carbonyl (C=O) groups excluding carboxylic acids is 1. The zero-order chi connectivity index (χ0) is 18.4. The van der Waals surface area contributed by atoms with Crippen molar-refractivity contribution in [3.05, 3.63) is 82.0 Å². The lowest BCUT2D eigenvalue weighted by molar-refractivity contribution is 0.0734. The van der Waals surface area contributed by atoms with Crippen molar-refractivity contribution in [3.8, 4) is 11.1 Å². The first-order chi connectivity index (χ1) is 12.7. The number of benzene rings is 2. The Hall–Kier alpha value is -2.43. The number of aryl methyl sites for hydroxylation is 1. The number of carbonyl (C=O) groups is 1. The van der Waals surface area contributed by atoms with E-state index in [1.807, 2.05) is 46.7 Å². The van der Waals surface area contributed by atoms with Gasteiger partial charge in [-0.25, -0.2) is 0 Å².